The van der Waals surface area contributed by atoms with Gasteiger partial charge in [0.05, 0.1) is 0 Å². The quantitative estimate of drug-likeness (QED) is 0.696. The van der Waals surface area contributed by atoms with Crippen LogP contribution in [0.3, 0.4) is 0 Å². The number of ether oxygens (including phenoxy) is 1. The molecule has 3 aliphatic rings. The van der Waals surface area contributed by atoms with Crippen LogP contribution in [0.2, 0.25) is 14.4 Å². The van der Waals surface area contributed by atoms with E-state index in [0.29, 0.717) is 6.10 Å². The topological polar surface area (TPSA) is 9.23 Å². The van der Waals surface area contributed by atoms with Crippen molar-refractivity contribution in [2.45, 2.75) is 71.9 Å². The van der Waals surface area contributed by atoms with Gasteiger partial charge in [-0.15, -0.1) is 0 Å². The molecule has 3 rings (SSSR count). The van der Waals surface area contributed by atoms with Gasteiger partial charge in [0.25, 0.3) is 0 Å². The molecule has 4 atom stereocenters. The van der Waals surface area contributed by atoms with Crippen LogP contribution in [0.5, 0.6) is 0 Å². The van der Waals surface area contributed by atoms with Crippen LogP contribution in [-0.4, -0.2) is 27.1 Å². The van der Waals surface area contributed by atoms with Crippen molar-refractivity contribution in [3.63, 3.8) is 0 Å². The molecule has 1 saturated heterocycles. The van der Waals surface area contributed by atoms with Gasteiger partial charge in [-0.1, -0.05) is 0 Å². The van der Waals surface area contributed by atoms with E-state index in [9.17, 15) is 0 Å². The Hall–Kier alpha value is 0.479. The van der Waals surface area contributed by atoms with Crippen LogP contribution in [0.15, 0.2) is 0 Å². The van der Waals surface area contributed by atoms with Crippen molar-refractivity contribution in [3.05, 3.63) is 0 Å². The molecular formula is C13H23OSe+. The van der Waals surface area contributed by atoms with Crippen LogP contribution in [0.1, 0.15) is 51.4 Å². The second-order valence-electron chi connectivity index (χ2n) is 5.37. The van der Waals surface area contributed by atoms with Crippen molar-refractivity contribution in [1.29, 1.82) is 0 Å². The van der Waals surface area contributed by atoms with E-state index in [0.717, 1.165) is 4.82 Å². The molecule has 1 heterocycles. The van der Waals surface area contributed by atoms with Crippen molar-refractivity contribution in [2.75, 3.05) is 7.11 Å². The Balaban J connectivity index is 1.65. The Morgan fingerprint density at radius 3 is 1.93 bits per heavy atom. The van der Waals surface area contributed by atoms with E-state index in [1.165, 1.54) is 48.2 Å². The fourth-order valence-electron chi connectivity index (χ4n) is 3.75. The van der Waals surface area contributed by atoms with Crippen molar-refractivity contribution < 1.29 is 4.74 Å². The monoisotopic (exact) mass is 275 g/mol. The van der Waals surface area contributed by atoms with Gasteiger partial charge < -0.3 is 0 Å². The van der Waals surface area contributed by atoms with Gasteiger partial charge in [0.15, 0.2) is 0 Å². The fraction of sp³-hybridized carbons (Fsp3) is 1.00. The third-order valence-electron chi connectivity index (χ3n) is 4.56. The first-order valence-electron chi connectivity index (χ1n) is 6.65. The van der Waals surface area contributed by atoms with Gasteiger partial charge in [0.1, 0.15) is 0 Å². The third-order valence-corrected chi connectivity index (χ3v) is 11.8. The summed E-state index contributed by atoms with van der Waals surface area (Å²) in [6.45, 7) is 0. The van der Waals surface area contributed by atoms with E-state index in [-0.39, 0.29) is 13.9 Å². The molecule has 2 saturated carbocycles. The number of hydrogen-bond donors (Lipinski definition) is 0. The van der Waals surface area contributed by atoms with Gasteiger partial charge in [0, 0.05) is 0 Å². The number of fused-ring (bicyclic) bond motifs is 1. The summed E-state index contributed by atoms with van der Waals surface area (Å²) in [5, 5.41) is 0. The first-order chi connectivity index (χ1) is 7.42. The van der Waals surface area contributed by atoms with E-state index in [2.05, 4.69) is 0 Å². The second kappa shape index (κ2) is 4.39. The molecule has 2 aliphatic carbocycles. The SMILES string of the molecule is CO[C@@H]1CCCC[C@H]1[Se+]1C2CCCCC21. The summed E-state index contributed by atoms with van der Waals surface area (Å²) in [5.74, 6) is 0. The van der Waals surface area contributed by atoms with Crippen molar-refractivity contribution in [1.82, 2.24) is 0 Å². The Labute approximate surface area is 97.8 Å². The van der Waals surface area contributed by atoms with Gasteiger partial charge in [-0.3, -0.25) is 0 Å². The van der Waals surface area contributed by atoms with Crippen molar-refractivity contribution >= 4 is 13.9 Å². The molecule has 3 fully saturated rings. The Morgan fingerprint density at radius 1 is 0.800 bits per heavy atom. The van der Waals surface area contributed by atoms with Gasteiger partial charge >= 0.3 is 97.7 Å². The average Bonchev–Trinajstić information content (AvgIpc) is 3.03. The van der Waals surface area contributed by atoms with Gasteiger partial charge in [0.2, 0.25) is 0 Å². The summed E-state index contributed by atoms with van der Waals surface area (Å²) in [6, 6.07) is 0. The fourth-order valence-corrected chi connectivity index (χ4v) is 12.3. The minimum absolute atomic E-state index is 0.226. The van der Waals surface area contributed by atoms with E-state index < -0.39 is 0 Å². The van der Waals surface area contributed by atoms with E-state index >= 15 is 0 Å². The van der Waals surface area contributed by atoms with Crippen LogP contribution < -0.4 is 0 Å². The summed E-state index contributed by atoms with van der Waals surface area (Å²) in [6.07, 6.45) is 12.7. The molecule has 0 spiro atoms. The summed E-state index contributed by atoms with van der Waals surface area (Å²) in [7, 11) is 1.95. The maximum absolute atomic E-state index is 5.74. The van der Waals surface area contributed by atoms with Gasteiger partial charge in [-0.2, -0.15) is 0 Å². The first-order valence-corrected chi connectivity index (χ1v) is 9.62. The van der Waals surface area contributed by atoms with Gasteiger partial charge in [-0.05, 0) is 0 Å². The number of hydrogen-bond acceptors (Lipinski definition) is 1. The molecule has 1 nitrogen and oxygen atoms in total. The van der Waals surface area contributed by atoms with Crippen molar-refractivity contribution in [2.24, 2.45) is 0 Å². The molecular weight excluding hydrogens is 251 g/mol. The normalized spacial score (nSPS) is 49.8. The Bertz CT molecular complexity index is 219. The Kier molecular flexibility index (Phi) is 3.11. The van der Waals surface area contributed by atoms with Crippen molar-refractivity contribution in [3.8, 4) is 0 Å². The molecule has 1 aliphatic heterocycles. The zero-order valence-corrected chi connectivity index (χ0v) is 11.5. The zero-order chi connectivity index (χ0) is 10.3. The predicted molar refractivity (Wildman–Crippen MR) is 64.7 cm³/mol. The van der Waals surface area contributed by atoms with Gasteiger partial charge in [-0.25, -0.2) is 0 Å². The first kappa shape index (κ1) is 10.6. The standard InChI is InChI=1S/C13H23OSe/c1-14-10-6-2-3-7-11(10)15-12-8-4-5-9-13(12)15/h10-13H,2-9H2,1H3/q+1/t10-,11-,12?,13?,15?/m1/s1. The molecule has 0 aromatic heterocycles. The zero-order valence-electron chi connectivity index (χ0n) is 9.78. The summed E-state index contributed by atoms with van der Waals surface area (Å²) in [5.41, 5.74) is 0. The molecule has 0 aromatic carbocycles. The minimum atomic E-state index is -0.226. The summed E-state index contributed by atoms with van der Waals surface area (Å²) >= 11 is -0.226. The summed E-state index contributed by atoms with van der Waals surface area (Å²) < 4.78 is 5.74. The molecule has 2 heteroatoms. The summed E-state index contributed by atoms with van der Waals surface area (Å²) in [4.78, 5) is 3.52. The third kappa shape index (κ3) is 1.90. The van der Waals surface area contributed by atoms with E-state index in [1.807, 2.05) is 7.11 Å². The predicted octanol–water partition coefficient (Wildman–Crippen LogP) is 3.77. The maximum atomic E-state index is 5.74. The number of rotatable bonds is 2. The molecule has 0 radical (unpaired) electrons. The van der Waals surface area contributed by atoms with E-state index in [1.54, 1.807) is 12.8 Å². The second-order valence-corrected chi connectivity index (χ2v) is 10.9. The molecule has 15 heavy (non-hydrogen) atoms. The molecule has 2 unspecified atom stereocenters. The number of methoxy groups -OCH3 is 1. The van der Waals surface area contributed by atoms with Crippen LogP contribution in [0, 0.1) is 0 Å². The van der Waals surface area contributed by atoms with Crippen LogP contribution in [0.25, 0.3) is 0 Å². The Morgan fingerprint density at radius 2 is 1.33 bits per heavy atom. The van der Waals surface area contributed by atoms with Crippen LogP contribution >= 0.6 is 0 Å². The molecule has 0 aromatic rings. The molecule has 0 N–H and O–H groups in total. The van der Waals surface area contributed by atoms with Crippen LogP contribution in [0.4, 0.5) is 0 Å². The molecule has 86 valence electrons. The molecule has 0 amide bonds. The average molecular weight is 274 g/mol. The van der Waals surface area contributed by atoms with E-state index in [4.69, 9.17) is 4.74 Å². The molecule has 0 bridgehead atoms. The van der Waals surface area contributed by atoms with Crippen LogP contribution in [-0.2, 0) is 4.74 Å².